The van der Waals surface area contributed by atoms with Crippen LogP contribution in [0.2, 0.25) is 0 Å². The quantitative estimate of drug-likeness (QED) is 0.724. The SMILES string of the molecule is Cc1c(C(=O)Nc2ccc(OCC3CCOCC3)cc2)nnn1C1CCNCC1.Cl. The zero-order chi connectivity index (χ0) is 20.1. The maximum Gasteiger partial charge on any atom is 0.278 e. The molecule has 2 fully saturated rings. The van der Waals surface area contributed by atoms with E-state index < -0.39 is 0 Å². The monoisotopic (exact) mass is 435 g/mol. The first-order chi connectivity index (χ1) is 14.2. The summed E-state index contributed by atoms with van der Waals surface area (Å²) in [4.78, 5) is 12.7. The van der Waals surface area contributed by atoms with Gasteiger partial charge in [0.15, 0.2) is 5.69 Å². The number of hydrogen-bond donors (Lipinski definition) is 2. The van der Waals surface area contributed by atoms with Crippen molar-refractivity contribution in [3.8, 4) is 5.75 Å². The highest BCUT2D eigenvalue weighted by molar-refractivity contribution is 6.03. The van der Waals surface area contributed by atoms with Gasteiger partial charge in [-0.05, 0) is 75.9 Å². The topological polar surface area (TPSA) is 90.3 Å². The molecule has 0 aliphatic carbocycles. The van der Waals surface area contributed by atoms with Crippen LogP contribution >= 0.6 is 12.4 Å². The maximum absolute atomic E-state index is 12.7. The molecule has 164 valence electrons. The van der Waals surface area contributed by atoms with Gasteiger partial charge in [-0.1, -0.05) is 5.21 Å². The minimum atomic E-state index is -0.237. The zero-order valence-electron chi connectivity index (χ0n) is 17.3. The van der Waals surface area contributed by atoms with E-state index in [1.54, 1.807) is 0 Å². The first kappa shape index (κ1) is 22.5. The molecule has 2 aliphatic rings. The molecule has 0 atom stereocenters. The van der Waals surface area contributed by atoms with Crippen LogP contribution in [-0.4, -0.2) is 53.8 Å². The van der Waals surface area contributed by atoms with Crippen LogP contribution in [0.5, 0.6) is 5.75 Å². The fourth-order valence-electron chi connectivity index (χ4n) is 3.90. The van der Waals surface area contributed by atoms with Gasteiger partial charge in [0.2, 0.25) is 0 Å². The van der Waals surface area contributed by atoms with E-state index in [1.807, 2.05) is 35.9 Å². The predicted molar refractivity (Wildman–Crippen MR) is 117 cm³/mol. The van der Waals surface area contributed by atoms with Crippen LogP contribution in [0.3, 0.4) is 0 Å². The molecule has 0 spiro atoms. The molecule has 2 aliphatic heterocycles. The molecular formula is C21H30ClN5O3. The molecule has 30 heavy (non-hydrogen) atoms. The highest BCUT2D eigenvalue weighted by Crippen LogP contribution is 2.22. The lowest BCUT2D eigenvalue weighted by Gasteiger charge is -2.23. The molecule has 0 unspecified atom stereocenters. The second kappa shape index (κ2) is 10.7. The lowest BCUT2D eigenvalue weighted by Crippen LogP contribution is -2.30. The van der Waals surface area contributed by atoms with Crippen molar-refractivity contribution in [1.29, 1.82) is 0 Å². The van der Waals surface area contributed by atoms with Gasteiger partial charge in [0, 0.05) is 18.9 Å². The summed E-state index contributed by atoms with van der Waals surface area (Å²) in [5.74, 6) is 1.12. The molecule has 9 heteroatoms. The van der Waals surface area contributed by atoms with E-state index in [-0.39, 0.29) is 18.3 Å². The van der Waals surface area contributed by atoms with Gasteiger partial charge in [-0.15, -0.1) is 17.5 Å². The molecule has 8 nitrogen and oxygen atoms in total. The molecule has 2 N–H and O–H groups in total. The molecule has 1 aromatic carbocycles. The van der Waals surface area contributed by atoms with E-state index in [1.165, 1.54) is 0 Å². The Hall–Kier alpha value is -2.16. The summed E-state index contributed by atoms with van der Waals surface area (Å²) in [7, 11) is 0. The van der Waals surface area contributed by atoms with Crippen LogP contribution in [0.1, 0.15) is 47.9 Å². The zero-order valence-corrected chi connectivity index (χ0v) is 18.1. The number of anilines is 1. The number of hydrogen-bond acceptors (Lipinski definition) is 6. The number of rotatable bonds is 6. The second-order valence-corrected chi connectivity index (χ2v) is 7.79. The fraction of sp³-hybridized carbons (Fsp3) is 0.571. The van der Waals surface area contributed by atoms with E-state index in [0.29, 0.717) is 29.9 Å². The summed E-state index contributed by atoms with van der Waals surface area (Å²) in [5.41, 5.74) is 1.90. The standard InChI is InChI=1S/C21H29N5O3.ClH/c1-15-20(24-25-26(15)18-6-10-22-11-7-18)21(27)23-17-2-4-19(5-3-17)29-14-16-8-12-28-13-9-16;/h2-5,16,18,22H,6-14H2,1H3,(H,23,27);1H. The Kier molecular flexibility index (Phi) is 8.07. The molecule has 3 heterocycles. The lowest BCUT2D eigenvalue weighted by molar-refractivity contribution is 0.0497. The fourth-order valence-corrected chi connectivity index (χ4v) is 3.90. The van der Waals surface area contributed by atoms with Crippen LogP contribution < -0.4 is 15.4 Å². The van der Waals surface area contributed by atoms with Gasteiger partial charge in [0.05, 0.1) is 18.3 Å². The third-order valence-corrected chi connectivity index (χ3v) is 5.74. The maximum atomic E-state index is 12.7. The number of benzene rings is 1. The van der Waals surface area contributed by atoms with Crippen LogP contribution in [0, 0.1) is 12.8 Å². The van der Waals surface area contributed by atoms with E-state index in [4.69, 9.17) is 9.47 Å². The van der Waals surface area contributed by atoms with Crippen LogP contribution in [0.15, 0.2) is 24.3 Å². The van der Waals surface area contributed by atoms with Crippen LogP contribution in [-0.2, 0) is 4.74 Å². The first-order valence-electron chi connectivity index (χ1n) is 10.4. The number of nitrogens with zero attached hydrogens (tertiary/aromatic N) is 3. The summed E-state index contributed by atoms with van der Waals surface area (Å²) in [6.07, 6.45) is 4.10. The number of halogens is 1. The summed E-state index contributed by atoms with van der Waals surface area (Å²) in [5, 5.41) is 14.6. The first-order valence-corrected chi connectivity index (χ1v) is 10.4. The molecule has 4 rings (SSSR count). The third-order valence-electron chi connectivity index (χ3n) is 5.74. The van der Waals surface area contributed by atoms with Crippen molar-refractivity contribution in [3.05, 3.63) is 35.7 Å². The highest BCUT2D eigenvalue weighted by atomic mass is 35.5. The average Bonchev–Trinajstić information content (AvgIpc) is 3.16. The number of carbonyl (C=O) groups is 1. The van der Waals surface area contributed by atoms with Gasteiger partial charge in [-0.25, -0.2) is 4.68 Å². The number of ether oxygens (including phenoxy) is 2. The second-order valence-electron chi connectivity index (χ2n) is 7.79. The molecular weight excluding hydrogens is 406 g/mol. The van der Waals surface area contributed by atoms with Crippen molar-refractivity contribution < 1.29 is 14.3 Å². The van der Waals surface area contributed by atoms with Gasteiger partial charge < -0.3 is 20.1 Å². The summed E-state index contributed by atoms with van der Waals surface area (Å²) in [6.45, 7) is 6.18. The van der Waals surface area contributed by atoms with Crippen LogP contribution in [0.25, 0.3) is 0 Å². The van der Waals surface area contributed by atoms with Crippen molar-refractivity contribution in [3.63, 3.8) is 0 Å². The Morgan fingerprint density at radius 2 is 1.90 bits per heavy atom. The minimum Gasteiger partial charge on any atom is -0.493 e. The predicted octanol–water partition coefficient (Wildman–Crippen LogP) is 2.99. The average molecular weight is 436 g/mol. The Labute approximate surface area is 183 Å². The molecule has 2 aromatic rings. The summed E-state index contributed by atoms with van der Waals surface area (Å²) < 4.78 is 13.1. The van der Waals surface area contributed by atoms with Crippen molar-refractivity contribution in [2.24, 2.45) is 5.92 Å². The van der Waals surface area contributed by atoms with E-state index >= 15 is 0 Å². The minimum absolute atomic E-state index is 0. The smallest absolute Gasteiger partial charge is 0.278 e. The normalized spacial score (nSPS) is 17.9. The molecule has 1 aromatic heterocycles. The number of nitrogens with one attached hydrogen (secondary N) is 2. The highest BCUT2D eigenvalue weighted by Gasteiger charge is 2.23. The summed E-state index contributed by atoms with van der Waals surface area (Å²) >= 11 is 0. The van der Waals surface area contributed by atoms with Gasteiger partial charge in [0.1, 0.15) is 5.75 Å². The van der Waals surface area contributed by atoms with Gasteiger partial charge in [-0.2, -0.15) is 0 Å². The van der Waals surface area contributed by atoms with E-state index in [9.17, 15) is 4.79 Å². The number of carbonyl (C=O) groups excluding carboxylic acids is 1. The Bertz CT molecular complexity index is 815. The molecule has 0 bridgehead atoms. The van der Waals surface area contributed by atoms with Crippen molar-refractivity contribution in [2.75, 3.05) is 38.2 Å². The Morgan fingerprint density at radius 1 is 1.20 bits per heavy atom. The van der Waals surface area contributed by atoms with Gasteiger partial charge in [0.25, 0.3) is 5.91 Å². The number of amides is 1. The number of aromatic nitrogens is 3. The van der Waals surface area contributed by atoms with Crippen molar-refractivity contribution in [1.82, 2.24) is 20.3 Å². The third kappa shape index (κ3) is 5.50. The lowest BCUT2D eigenvalue weighted by atomic mass is 10.0. The van der Waals surface area contributed by atoms with Crippen LogP contribution in [0.4, 0.5) is 5.69 Å². The number of piperidine rings is 1. The Morgan fingerprint density at radius 3 is 2.60 bits per heavy atom. The molecule has 1 amide bonds. The van der Waals surface area contributed by atoms with Gasteiger partial charge >= 0.3 is 0 Å². The summed E-state index contributed by atoms with van der Waals surface area (Å²) in [6, 6.07) is 7.77. The van der Waals surface area contributed by atoms with Crippen molar-refractivity contribution >= 4 is 24.0 Å². The van der Waals surface area contributed by atoms with Crippen molar-refractivity contribution in [2.45, 2.75) is 38.6 Å². The van der Waals surface area contributed by atoms with Gasteiger partial charge in [-0.3, -0.25) is 4.79 Å². The Balaban J connectivity index is 0.00000256. The molecule has 0 saturated carbocycles. The molecule has 0 radical (unpaired) electrons. The van der Waals surface area contributed by atoms with E-state index in [0.717, 1.165) is 63.4 Å². The van der Waals surface area contributed by atoms with E-state index in [2.05, 4.69) is 20.9 Å². The largest absolute Gasteiger partial charge is 0.493 e. The molecule has 2 saturated heterocycles.